The van der Waals surface area contributed by atoms with Gasteiger partial charge >= 0.3 is 0 Å². The number of allylic oxidation sites excluding steroid dienone is 6. The van der Waals surface area contributed by atoms with Crippen LogP contribution in [-0.4, -0.2) is 126 Å². The van der Waals surface area contributed by atoms with Gasteiger partial charge in [0.25, 0.3) is 11.7 Å². The Morgan fingerprint density at radius 3 is 2.25 bits per heavy atom. The number of carbonyl (C=O) groups is 5. The van der Waals surface area contributed by atoms with E-state index in [9.17, 15) is 39.3 Å². The van der Waals surface area contributed by atoms with Crippen LogP contribution in [0.2, 0.25) is 0 Å². The molecule has 13 nitrogen and oxygen atoms in total. The van der Waals surface area contributed by atoms with E-state index in [0.717, 1.165) is 12.0 Å². The molecule has 3 aliphatic heterocycles. The molecule has 1 saturated carbocycles. The monoisotopic (exact) mass is 912 g/mol. The van der Waals surface area contributed by atoms with E-state index in [-0.39, 0.29) is 60.6 Å². The molecule has 1 aliphatic carbocycles. The quantitative estimate of drug-likeness (QED) is 0.236. The van der Waals surface area contributed by atoms with Gasteiger partial charge in [-0.15, -0.1) is 0 Å². The molecule has 0 spiro atoms. The summed E-state index contributed by atoms with van der Waals surface area (Å²) in [5, 5.41) is 33.9. The van der Waals surface area contributed by atoms with Gasteiger partial charge in [-0.1, -0.05) is 71.1 Å². The predicted molar refractivity (Wildman–Crippen MR) is 248 cm³/mol. The summed E-state index contributed by atoms with van der Waals surface area (Å²) in [5.41, 5.74) is 1.29. The van der Waals surface area contributed by atoms with E-state index in [1.807, 2.05) is 58.1 Å². The lowest BCUT2D eigenvalue weighted by Crippen LogP contribution is -2.60. The van der Waals surface area contributed by atoms with Crippen LogP contribution in [0.25, 0.3) is 0 Å². The average Bonchev–Trinajstić information content (AvgIpc) is 3.28. The molecular formula is C52H81NO12. The molecule has 4 aliphatic rings. The standard InChI is InChI=1S/C52H81NO12/c1-31-16-12-11-13-17-32(2)45(62-8)30-40-21-19-37(7)52(61,65-40)50(59)51(60)53-23-15-14-18-41(53)44(56)29-39(33(3)26-38-20-22-42(54)46(27-38)63-9)28-43(55)34(4)25-36(6)48(58)49(64-10)47(57)35(5)24-31/h11-13,16-17,25,31,33,35-42,45-46,48-49,54,58,61H,14-15,18-24,26-30H2,1-10H3. The summed E-state index contributed by atoms with van der Waals surface area (Å²) < 4.78 is 23.2. The molecule has 2 saturated heterocycles. The number of amides is 1. The summed E-state index contributed by atoms with van der Waals surface area (Å²) in [4.78, 5) is 72.3. The van der Waals surface area contributed by atoms with Crippen LogP contribution in [0.4, 0.5) is 0 Å². The summed E-state index contributed by atoms with van der Waals surface area (Å²) in [5.74, 6) is -7.14. The maximum atomic E-state index is 14.6. The number of methoxy groups -OCH3 is 3. The van der Waals surface area contributed by atoms with Gasteiger partial charge in [0.05, 0.1) is 36.6 Å². The second kappa shape index (κ2) is 25.3. The Balaban J connectivity index is 1.70. The zero-order chi connectivity index (χ0) is 48.2. The third-order valence-electron chi connectivity index (χ3n) is 15.0. The number of piperidine rings is 1. The van der Waals surface area contributed by atoms with Crippen LogP contribution < -0.4 is 0 Å². The average molecular weight is 912 g/mol. The Labute approximate surface area is 388 Å². The number of hydrogen-bond acceptors (Lipinski definition) is 12. The largest absolute Gasteiger partial charge is 0.390 e. The minimum atomic E-state index is -2.39. The zero-order valence-electron chi connectivity index (χ0n) is 40.9. The van der Waals surface area contributed by atoms with Crippen molar-refractivity contribution in [2.75, 3.05) is 27.9 Å². The molecule has 1 amide bonds. The lowest BCUT2D eigenvalue weighted by Gasteiger charge is -2.43. The molecule has 0 aromatic carbocycles. The first-order valence-electron chi connectivity index (χ1n) is 24.3. The number of aliphatic hydroxyl groups is 3. The highest BCUT2D eigenvalue weighted by Gasteiger charge is 2.53. The van der Waals surface area contributed by atoms with Crippen molar-refractivity contribution in [3.63, 3.8) is 0 Å². The SMILES string of the molecule is COC1CC2CCC(C)C(O)(O2)C(=O)C(=O)N2CCCCC2C(=O)CC(C(C)CC2CCC(O)C(OC)C2)CC(=O)C(C)=CC(C)C(O)C(OC)C(=O)C(C)CC(C)C=CC=CC=C1C. The molecule has 0 aromatic rings. The van der Waals surface area contributed by atoms with E-state index in [1.165, 1.54) is 12.0 Å². The van der Waals surface area contributed by atoms with Crippen molar-refractivity contribution in [1.82, 2.24) is 4.90 Å². The van der Waals surface area contributed by atoms with Crippen molar-refractivity contribution >= 4 is 29.0 Å². The number of hydrogen-bond donors (Lipinski definition) is 3. The van der Waals surface area contributed by atoms with Gasteiger partial charge in [0.15, 0.2) is 17.3 Å². The van der Waals surface area contributed by atoms with Crippen LogP contribution in [-0.2, 0) is 42.9 Å². The van der Waals surface area contributed by atoms with E-state index in [1.54, 1.807) is 41.1 Å². The van der Waals surface area contributed by atoms with Crippen molar-refractivity contribution in [3.8, 4) is 0 Å². The van der Waals surface area contributed by atoms with Gasteiger partial charge in [0.2, 0.25) is 5.79 Å². The van der Waals surface area contributed by atoms with Crippen molar-refractivity contribution < 1.29 is 58.2 Å². The number of aliphatic hydroxyl groups excluding tert-OH is 2. The normalized spacial score (nSPS) is 38.0. The molecule has 2 bridgehead atoms. The summed E-state index contributed by atoms with van der Waals surface area (Å²) in [6.45, 7) is 13.1. The highest BCUT2D eigenvalue weighted by Crippen LogP contribution is 2.39. The zero-order valence-corrected chi connectivity index (χ0v) is 40.9. The number of nitrogens with zero attached hydrogens (tertiary/aromatic N) is 1. The van der Waals surface area contributed by atoms with Gasteiger partial charge in [0.1, 0.15) is 6.10 Å². The number of ketones is 4. The Kier molecular flexibility index (Phi) is 21.2. The van der Waals surface area contributed by atoms with Crippen molar-refractivity contribution in [1.29, 1.82) is 0 Å². The van der Waals surface area contributed by atoms with Crippen LogP contribution in [0.15, 0.2) is 47.6 Å². The first-order chi connectivity index (χ1) is 30.7. The minimum absolute atomic E-state index is 0.0183. The molecule has 65 heavy (non-hydrogen) atoms. The first kappa shape index (κ1) is 54.4. The molecular weight excluding hydrogens is 831 g/mol. The topological polar surface area (TPSA) is 186 Å². The summed E-state index contributed by atoms with van der Waals surface area (Å²) >= 11 is 0. The molecule has 4 rings (SSSR count). The van der Waals surface area contributed by atoms with Gasteiger partial charge in [-0.05, 0) is 113 Å². The molecule has 3 heterocycles. The van der Waals surface area contributed by atoms with Crippen LogP contribution in [0.3, 0.4) is 0 Å². The third kappa shape index (κ3) is 14.4. The van der Waals surface area contributed by atoms with E-state index < -0.39 is 77.7 Å². The molecule has 15 atom stereocenters. The van der Waals surface area contributed by atoms with E-state index in [4.69, 9.17) is 18.9 Å². The van der Waals surface area contributed by atoms with Crippen molar-refractivity contribution in [3.05, 3.63) is 47.6 Å². The molecule has 0 aromatic heterocycles. The van der Waals surface area contributed by atoms with Crippen LogP contribution in [0.5, 0.6) is 0 Å². The molecule has 0 radical (unpaired) electrons. The number of carbonyl (C=O) groups excluding carboxylic acids is 5. The number of ether oxygens (including phenoxy) is 4. The maximum Gasteiger partial charge on any atom is 0.296 e. The third-order valence-corrected chi connectivity index (χ3v) is 15.0. The van der Waals surface area contributed by atoms with Crippen LogP contribution in [0.1, 0.15) is 132 Å². The number of Topliss-reactive ketones (excluding diaryl/α,β-unsaturated/α-hetero) is 4. The van der Waals surface area contributed by atoms with Gasteiger partial charge in [0, 0.05) is 64.9 Å². The van der Waals surface area contributed by atoms with Gasteiger partial charge in [-0.3, -0.25) is 24.0 Å². The number of fused-ring (bicyclic) bond motifs is 3. The first-order valence-corrected chi connectivity index (χ1v) is 24.3. The summed E-state index contributed by atoms with van der Waals surface area (Å²) in [6, 6.07) is -0.920. The fourth-order valence-electron chi connectivity index (χ4n) is 10.6. The second-order valence-corrected chi connectivity index (χ2v) is 20.1. The van der Waals surface area contributed by atoms with Crippen molar-refractivity contribution in [2.24, 2.45) is 41.4 Å². The highest BCUT2D eigenvalue weighted by molar-refractivity contribution is 6.39. The Morgan fingerprint density at radius 2 is 1.57 bits per heavy atom. The maximum absolute atomic E-state index is 14.6. The van der Waals surface area contributed by atoms with Crippen LogP contribution >= 0.6 is 0 Å². The van der Waals surface area contributed by atoms with Gasteiger partial charge in [-0.25, -0.2) is 0 Å². The number of rotatable bonds is 6. The smallest absolute Gasteiger partial charge is 0.296 e. The molecule has 3 fully saturated rings. The fraction of sp³-hybridized carbons (Fsp3) is 0.750. The second-order valence-electron chi connectivity index (χ2n) is 20.1. The minimum Gasteiger partial charge on any atom is -0.390 e. The Hall–Kier alpha value is -3.17. The molecule has 15 unspecified atom stereocenters. The molecule has 3 N–H and O–H groups in total. The van der Waals surface area contributed by atoms with Gasteiger partial charge < -0.3 is 39.2 Å². The Morgan fingerprint density at radius 1 is 0.846 bits per heavy atom. The lowest BCUT2D eigenvalue weighted by atomic mass is 9.74. The summed E-state index contributed by atoms with van der Waals surface area (Å²) in [6.07, 6.45) is 13.3. The highest BCUT2D eigenvalue weighted by atomic mass is 16.6. The predicted octanol–water partition coefficient (Wildman–Crippen LogP) is 6.84. The van der Waals surface area contributed by atoms with Crippen molar-refractivity contribution in [2.45, 2.75) is 180 Å². The van der Waals surface area contributed by atoms with E-state index in [0.29, 0.717) is 69.8 Å². The van der Waals surface area contributed by atoms with Crippen LogP contribution in [0, 0.1) is 41.4 Å². The fourth-order valence-corrected chi connectivity index (χ4v) is 10.6. The Bertz CT molecular complexity index is 1750. The van der Waals surface area contributed by atoms with E-state index in [2.05, 4.69) is 0 Å². The summed E-state index contributed by atoms with van der Waals surface area (Å²) in [7, 11) is 4.58. The lowest BCUT2D eigenvalue weighted by molar-refractivity contribution is -0.265. The van der Waals surface area contributed by atoms with E-state index >= 15 is 0 Å². The molecule has 13 heteroatoms. The van der Waals surface area contributed by atoms with Gasteiger partial charge in [-0.2, -0.15) is 0 Å². The molecule has 366 valence electrons.